The van der Waals surface area contributed by atoms with Crippen LogP contribution in [-0.4, -0.2) is 44.2 Å². The van der Waals surface area contributed by atoms with E-state index in [0.717, 1.165) is 50.0 Å². The summed E-state index contributed by atoms with van der Waals surface area (Å²) >= 11 is 0. The monoisotopic (exact) mass is 396 g/mol. The molecule has 0 spiro atoms. The molecule has 0 bridgehead atoms. The molecule has 28 heavy (non-hydrogen) atoms. The number of carbonyl (C=O) groups is 1. The number of piperazine rings is 1. The van der Waals surface area contributed by atoms with Gasteiger partial charge in [0.05, 0.1) is 11.6 Å². The van der Waals surface area contributed by atoms with E-state index in [4.69, 9.17) is 0 Å². The second-order valence-electron chi connectivity index (χ2n) is 8.19. The Hall–Kier alpha value is -2.11. The summed E-state index contributed by atoms with van der Waals surface area (Å²) in [6.07, 6.45) is -2.36. The van der Waals surface area contributed by atoms with Gasteiger partial charge in [0.25, 0.3) is 5.91 Å². The van der Waals surface area contributed by atoms with Crippen LogP contribution in [0.5, 0.6) is 0 Å². The van der Waals surface area contributed by atoms with Gasteiger partial charge < -0.3 is 15.1 Å². The van der Waals surface area contributed by atoms with Crippen LogP contribution in [0.3, 0.4) is 0 Å². The Morgan fingerprint density at radius 3 is 2.43 bits per heavy atom. The molecule has 2 fully saturated rings. The molecule has 0 aromatic heterocycles. The number of nitrogens with one attached hydrogen (secondary N) is 3. The highest BCUT2D eigenvalue weighted by Gasteiger charge is 2.43. The molecule has 3 N–H and O–H groups in total. The molecular formula is C20H27F3N4O+2. The number of amides is 1. The van der Waals surface area contributed by atoms with Crippen molar-refractivity contribution in [1.29, 1.82) is 5.26 Å². The summed E-state index contributed by atoms with van der Waals surface area (Å²) in [4.78, 5) is 14.7. The van der Waals surface area contributed by atoms with Crippen molar-refractivity contribution in [2.24, 2.45) is 5.92 Å². The average Bonchev–Trinajstić information content (AvgIpc) is 3.48. The topological polar surface area (TPSA) is 61.8 Å². The first kappa shape index (κ1) is 20.6. The molecule has 2 aliphatic rings. The van der Waals surface area contributed by atoms with Crippen LogP contribution in [0.1, 0.15) is 30.9 Å². The van der Waals surface area contributed by atoms with Crippen molar-refractivity contribution in [3.8, 4) is 6.07 Å². The fourth-order valence-corrected chi connectivity index (χ4v) is 3.90. The number of alkyl halides is 3. The number of rotatable bonds is 6. The summed E-state index contributed by atoms with van der Waals surface area (Å²) in [6, 6.07) is 7.73. The minimum absolute atomic E-state index is 0.104. The molecule has 1 aliphatic carbocycles. The van der Waals surface area contributed by atoms with Gasteiger partial charge in [-0.2, -0.15) is 18.4 Å². The first-order valence-corrected chi connectivity index (χ1v) is 9.75. The van der Waals surface area contributed by atoms with Gasteiger partial charge in [-0.1, -0.05) is 12.1 Å². The second-order valence-corrected chi connectivity index (χ2v) is 8.19. The fraction of sp³-hybridized carbons (Fsp3) is 0.600. The third-order valence-corrected chi connectivity index (χ3v) is 5.81. The van der Waals surface area contributed by atoms with Crippen LogP contribution < -0.4 is 15.1 Å². The van der Waals surface area contributed by atoms with E-state index in [1.54, 1.807) is 13.0 Å². The Morgan fingerprint density at radius 1 is 1.21 bits per heavy atom. The smallest absolute Gasteiger partial charge is 0.333 e. The van der Waals surface area contributed by atoms with Gasteiger partial charge in [-0.05, 0) is 37.8 Å². The molecule has 1 aliphatic heterocycles. The Kier molecular flexibility index (Phi) is 5.96. The molecule has 3 rings (SSSR count). The van der Waals surface area contributed by atoms with E-state index < -0.39 is 17.3 Å². The summed E-state index contributed by atoms with van der Waals surface area (Å²) < 4.78 is 38.5. The molecule has 1 aromatic carbocycles. The van der Waals surface area contributed by atoms with Crippen molar-refractivity contribution in [1.82, 2.24) is 5.32 Å². The molecule has 1 aromatic rings. The van der Waals surface area contributed by atoms with E-state index in [9.17, 15) is 23.2 Å². The van der Waals surface area contributed by atoms with Crippen LogP contribution >= 0.6 is 0 Å². The Labute approximate surface area is 163 Å². The van der Waals surface area contributed by atoms with Crippen molar-refractivity contribution in [2.45, 2.75) is 38.0 Å². The molecule has 8 heteroatoms. The SMILES string of the molecule is C[C@](C#N)(NC(=O)C[NH+]1CC[NH+](Cc2cccc(C(F)(F)F)c2)CC1)C1CC1. The molecule has 0 radical (unpaired) electrons. The zero-order valence-electron chi connectivity index (χ0n) is 16.0. The predicted octanol–water partition coefficient (Wildman–Crippen LogP) is -0.203. The quantitative estimate of drug-likeness (QED) is 0.624. The lowest BCUT2D eigenvalue weighted by Gasteiger charge is -2.30. The van der Waals surface area contributed by atoms with Gasteiger partial charge in [0, 0.05) is 5.56 Å². The molecule has 5 nitrogen and oxygen atoms in total. The van der Waals surface area contributed by atoms with Gasteiger partial charge in [0.15, 0.2) is 6.54 Å². The van der Waals surface area contributed by atoms with Crippen LogP contribution in [0.25, 0.3) is 0 Å². The largest absolute Gasteiger partial charge is 0.416 e. The summed E-state index contributed by atoms with van der Waals surface area (Å²) in [7, 11) is 0. The molecule has 0 unspecified atom stereocenters. The highest BCUT2D eigenvalue weighted by atomic mass is 19.4. The number of benzene rings is 1. The van der Waals surface area contributed by atoms with Crippen LogP contribution in [0.4, 0.5) is 13.2 Å². The van der Waals surface area contributed by atoms with Gasteiger partial charge >= 0.3 is 6.18 Å². The van der Waals surface area contributed by atoms with Gasteiger partial charge in [0.2, 0.25) is 0 Å². The minimum Gasteiger partial charge on any atom is -0.333 e. The average molecular weight is 396 g/mol. The molecule has 1 atom stereocenters. The minimum atomic E-state index is -4.32. The fourth-order valence-electron chi connectivity index (χ4n) is 3.90. The summed E-state index contributed by atoms with van der Waals surface area (Å²) in [5, 5.41) is 12.2. The predicted molar refractivity (Wildman–Crippen MR) is 96.3 cm³/mol. The van der Waals surface area contributed by atoms with E-state index in [1.807, 2.05) is 0 Å². The summed E-state index contributed by atoms with van der Waals surface area (Å²) in [5.41, 5.74) is -0.700. The molecular weight excluding hydrogens is 369 g/mol. The molecule has 1 saturated carbocycles. The maximum absolute atomic E-state index is 12.8. The maximum atomic E-state index is 12.8. The lowest BCUT2D eigenvalue weighted by Crippen LogP contribution is -3.28. The van der Waals surface area contributed by atoms with E-state index >= 15 is 0 Å². The maximum Gasteiger partial charge on any atom is 0.416 e. The zero-order valence-corrected chi connectivity index (χ0v) is 16.0. The molecule has 152 valence electrons. The summed E-state index contributed by atoms with van der Waals surface area (Å²) in [6.45, 7) is 5.85. The Bertz CT molecular complexity index is 749. The number of halogens is 3. The van der Waals surface area contributed by atoms with Crippen LogP contribution in [-0.2, 0) is 17.5 Å². The molecule has 1 heterocycles. The number of hydrogen-bond acceptors (Lipinski definition) is 2. The van der Waals surface area contributed by atoms with Gasteiger partial charge in [0.1, 0.15) is 38.3 Å². The van der Waals surface area contributed by atoms with E-state index in [2.05, 4.69) is 11.4 Å². The van der Waals surface area contributed by atoms with Gasteiger partial charge in [-0.25, -0.2) is 0 Å². The highest BCUT2D eigenvalue weighted by Crippen LogP contribution is 2.39. The van der Waals surface area contributed by atoms with E-state index in [0.29, 0.717) is 18.7 Å². The third-order valence-electron chi connectivity index (χ3n) is 5.81. The van der Waals surface area contributed by atoms with Gasteiger partial charge in [-0.3, -0.25) is 4.79 Å². The standard InChI is InChI=1S/C20H25F3N4O/c1-19(14-24,16-5-6-16)25-18(28)13-27-9-7-26(8-10-27)12-15-3-2-4-17(11-15)20(21,22)23/h2-4,11,16H,5-10,12-13H2,1H3,(H,25,28)/p+2/t19-/m1/s1. The first-order chi connectivity index (χ1) is 13.2. The van der Waals surface area contributed by atoms with E-state index in [-0.39, 0.29) is 11.8 Å². The molecule has 1 amide bonds. The van der Waals surface area contributed by atoms with Crippen LogP contribution in [0, 0.1) is 17.2 Å². The second kappa shape index (κ2) is 8.10. The normalized spacial score (nSPS) is 24.8. The van der Waals surface area contributed by atoms with Crippen LogP contribution in [0.2, 0.25) is 0 Å². The van der Waals surface area contributed by atoms with Crippen molar-refractivity contribution in [2.75, 3.05) is 32.7 Å². The molecule has 1 saturated heterocycles. The van der Waals surface area contributed by atoms with Crippen molar-refractivity contribution < 1.29 is 27.8 Å². The van der Waals surface area contributed by atoms with E-state index in [1.165, 1.54) is 17.0 Å². The number of quaternary nitrogens is 2. The zero-order chi connectivity index (χ0) is 20.4. The van der Waals surface area contributed by atoms with Crippen LogP contribution in [0.15, 0.2) is 24.3 Å². The first-order valence-electron chi connectivity index (χ1n) is 9.75. The van der Waals surface area contributed by atoms with Gasteiger partial charge in [-0.15, -0.1) is 0 Å². The summed E-state index contributed by atoms with van der Waals surface area (Å²) in [5.74, 6) is 0.150. The Morgan fingerprint density at radius 2 is 1.86 bits per heavy atom. The lowest BCUT2D eigenvalue weighted by atomic mass is 9.98. The number of nitriles is 1. The lowest BCUT2D eigenvalue weighted by molar-refractivity contribution is -1.02. The van der Waals surface area contributed by atoms with Crippen molar-refractivity contribution in [3.05, 3.63) is 35.4 Å². The third kappa shape index (κ3) is 5.24. The van der Waals surface area contributed by atoms with Crippen molar-refractivity contribution >= 4 is 5.91 Å². The Balaban J connectivity index is 1.46. The number of nitrogens with zero attached hydrogens (tertiary/aromatic N) is 1. The highest BCUT2D eigenvalue weighted by molar-refractivity contribution is 5.78. The van der Waals surface area contributed by atoms with Crippen molar-refractivity contribution in [3.63, 3.8) is 0 Å². The number of hydrogen-bond donors (Lipinski definition) is 3. The number of carbonyl (C=O) groups excluding carboxylic acids is 1.